The summed E-state index contributed by atoms with van der Waals surface area (Å²) < 4.78 is 63.3. The summed E-state index contributed by atoms with van der Waals surface area (Å²) in [5.41, 5.74) is -0.137. The van der Waals surface area contributed by atoms with E-state index in [4.69, 9.17) is 5.11 Å². The molecule has 0 fully saturated rings. The monoisotopic (exact) mass is 283 g/mol. The fourth-order valence-corrected chi connectivity index (χ4v) is 1.67. The van der Waals surface area contributed by atoms with E-state index in [1.807, 2.05) is 0 Å². The molecule has 0 radical (unpaired) electrons. The molecule has 0 bridgehead atoms. The fourth-order valence-electron chi connectivity index (χ4n) is 1.67. The average Bonchev–Trinajstić information content (AvgIpc) is 2.29. The van der Waals surface area contributed by atoms with Crippen molar-refractivity contribution in [2.75, 3.05) is 19.7 Å². The third-order valence-electron chi connectivity index (χ3n) is 2.44. The normalized spacial score (nSPS) is 12.2. The summed E-state index contributed by atoms with van der Waals surface area (Å²) in [5.74, 6) is -1.46. The Morgan fingerprint density at radius 1 is 1.16 bits per heavy atom. The summed E-state index contributed by atoms with van der Waals surface area (Å²) in [6.07, 6.45) is -4.30. The summed E-state index contributed by atoms with van der Waals surface area (Å²) >= 11 is 0. The molecule has 0 amide bonds. The second kappa shape index (κ2) is 6.81. The van der Waals surface area contributed by atoms with Crippen LogP contribution in [-0.4, -0.2) is 35.9 Å². The van der Waals surface area contributed by atoms with E-state index in [0.717, 1.165) is 23.1 Å². The Bertz CT molecular complexity index is 408. The molecule has 0 aromatic heterocycles. The minimum Gasteiger partial charge on any atom is -0.396 e. The Morgan fingerprint density at radius 3 is 2.42 bits per heavy atom. The van der Waals surface area contributed by atoms with Gasteiger partial charge in [-0.3, -0.25) is 4.90 Å². The van der Waals surface area contributed by atoms with Crippen molar-refractivity contribution in [2.24, 2.45) is 0 Å². The van der Waals surface area contributed by atoms with E-state index < -0.39 is 24.4 Å². The highest BCUT2D eigenvalue weighted by Gasteiger charge is 2.30. The van der Waals surface area contributed by atoms with Crippen molar-refractivity contribution in [3.63, 3.8) is 0 Å². The van der Waals surface area contributed by atoms with Gasteiger partial charge in [-0.2, -0.15) is 13.2 Å². The molecule has 1 rings (SSSR count). The Morgan fingerprint density at radius 2 is 1.84 bits per heavy atom. The van der Waals surface area contributed by atoms with Crippen LogP contribution < -0.4 is 0 Å². The highest BCUT2D eigenvalue weighted by atomic mass is 19.4. The second-order valence-electron chi connectivity index (χ2n) is 4.14. The van der Waals surface area contributed by atoms with Crippen molar-refractivity contribution in [3.8, 4) is 0 Å². The van der Waals surface area contributed by atoms with Crippen LogP contribution in [0.4, 0.5) is 22.0 Å². The van der Waals surface area contributed by atoms with Crippen molar-refractivity contribution in [1.29, 1.82) is 0 Å². The first-order valence-corrected chi connectivity index (χ1v) is 5.65. The maximum absolute atomic E-state index is 13.4. The van der Waals surface area contributed by atoms with E-state index >= 15 is 0 Å². The van der Waals surface area contributed by atoms with E-state index in [9.17, 15) is 22.0 Å². The molecular formula is C12H14F5NO. The van der Waals surface area contributed by atoms with Crippen molar-refractivity contribution >= 4 is 0 Å². The topological polar surface area (TPSA) is 23.5 Å². The van der Waals surface area contributed by atoms with Gasteiger partial charge in [-0.05, 0) is 24.6 Å². The quantitative estimate of drug-likeness (QED) is 0.811. The van der Waals surface area contributed by atoms with E-state index in [1.54, 1.807) is 0 Å². The molecule has 0 atom stereocenters. The zero-order valence-corrected chi connectivity index (χ0v) is 10.1. The first kappa shape index (κ1) is 15.8. The lowest BCUT2D eigenvalue weighted by atomic mass is 10.2. The molecule has 19 heavy (non-hydrogen) atoms. The van der Waals surface area contributed by atoms with Gasteiger partial charge >= 0.3 is 6.18 Å². The van der Waals surface area contributed by atoms with Crippen LogP contribution in [0.1, 0.15) is 12.0 Å². The second-order valence-corrected chi connectivity index (χ2v) is 4.14. The number of rotatable bonds is 6. The van der Waals surface area contributed by atoms with Gasteiger partial charge in [-0.25, -0.2) is 8.78 Å². The van der Waals surface area contributed by atoms with Crippen LogP contribution >= 0.6 is 0 Å². The van der Waals surface area contributed by atoms with Crippen LogP contribution in [0.5, 0.6) is 0 Å². The van der Waals surface area contributed by atoms with E-state index in [0.29, 0.717) is 0 Å². The molecule has 0 heterocycles. The number of benzene rings is 1. The summed E-state index contributed by atoms with van der Waals surface area (Å²) in [6.45, 7) is -1.90. The summed E-state index contributed by atoms with van der Waals surface area (Å²) in [7, 11) is 0. The van der Waals surface area contributed by atoms with Gasteiger partial charge in [0.1, 0.15) is 11.6 Å². The van der Waals surface area contributed by atoms with Crippen LogP contribution in [-0.2, 0) is 6.54 Å². The highest BCUT2D eigenvalue weighted by Crippen LogP contribution is 2.19. The number of alkyl halides is 3. The van der Waals surface area contributed by atoms with Gasteiger partial charge in [0.25, 0.3) is 0 Å². The maximum Gasteiger partial charge on any atom is 0.401 e. The number of hydrogen-bond acceptors (Lipinski definition) is 2. The Kier molecular flexibility index (Phi) is 5.68. The number of hydrogen-bond donors (Lipinski definition) is 1. The van der Waals surface area contributed by atoms with E-state index in [2.05, 4.69) is 0 Å². The third-order valence-corrected chi connectivity index (χ3v) is 2.44. The predicted molar refractivity (Wildman–Crippen MR) is 59.4 cm³/mol. The lowest BCUT2D eigenvalue weighted by Gasteiger charge is -2.23. The van der Waals surface area contributed by atoms with Gasteiger partial charge in [-0.15, -0.1) is 0 Å². The molecule has 0 aliphatic heterocycles. The van der Waals surface area contributed by atoms with Gasteiger partial charge < -0.3 is 5.11 Å². The Balaban J connectivity index is 2.78. The SMILES string of the molecule is OCCCN(Cc1cc(F)ccc1F)CC(F)(F)F. The van der Waals surface area contributed by atoms with Crippen LogP contribution in [0, 0.1) is 11.6 Å². The molecule has 0 unspecified atom stereocenters. The van der Waals surface area contributed by atoms with Gasteiger partial charge in [0.15, 0.2) is 0 Å². The summed E-state index contributed by atoms with van der Waals surface area (Å²) in [6, 6.07) is 2.65. The summed E-state index contributed by atoms with van der Waals surface area (Å²) in [4.78, 5) is 0.925. The molecule has 1 N–H and O–H groups in total. The first-order valence-electron chi connectivity index (χ1n) is 5.65. The van der Waals surface area contributed by atoms with Crippen molar-refractivity contribution in [1.82, 2.24) is 4.90 Å². The summed E-state index contributed by atoms with van der Waals surface area (Å²) in [5, 5.41) is 8.64. The van der Waals surface area contributed by atoms with E-state index in [-0.39, 0.29) is 31.7 Å². The molecular weight excluding hydrogens is 269 g/mol. The Labute approximate surface area is 107 Å². The van der Waals surface area contributed by atoms with Gasteiger partial charge in [0.05, 0.1) is 6.54 Å². The molecule has 108 valence electrons. The van der Waals surface area contributed by atoms with Crippen molar-refractivity contribution in [3.05, 3.63) is 35.4 Å². The molecule has 1 aromatic rings. The Hall–Kier alpha value is -1.21. The number of aliphatic hydroxyl groups excluding tert-OH is 1. The van der Waals surface area contributed by atoms with Crippen molar-refractivity contribution < 1.29 is 27.1 Å². The fraction of sp³-hybridized carbons (Fsp3) is 0.500. The minimum atomic E-state index is -4.43. The van der Waals surface area contributed by atoms with Crippen LogP contribution in [0.3, 0.4) is 0 Å². The molecule has 7 heteroatoms. The first-order chi connectivity index (χ1) is 8.81. The zero-order chi connectivity index (χ0) is 14.5. The largest absolute Gasteiger partial charge is 0.401 e. The number of nitrogens with zero attached hydrogens (tertiary/aromatic N) is 1. The van der Waals surface area contributed by atoms with Crippen molar-refractivity contribution in [2.45, 2.75) is 19.1 Å². The smallest absolute Gasteiger partial charge is 0.396 e. The molecule has 0 spiro atoms. The number of halogens is 5. The average molecular weight is 283 g/mol. The lowest BCUT2D eigenvalue weighted by Crippen LogP contribution is -2.35. The molecule has 1 aromatic carbocycles. The van der Waals surface area contributed by atoms with Crippen LogP contribution in [0.25, 0.3) is 0 Å². The van der Waals surface area contributed by atoms with Gasteiger partial charge in [0.2, 0.25) is 0 Å². The van der Waals surface area contributed by atoms with Crippen LogP contribution in [0.2, 0.25) is 0 Å². The number of aliphatic hydroxyl groups is 1. The standard InChI is InChI=1S/C12H14F5NO/c13-10-2-3-11(14)9(6-10)7-18(4-1-5-19)8-12(15,16)17/h2-3,6,19H,1,4-5,7-8H2. The highest BCUT2D eigenvalue weighted by molar-refractivity contribution is 5.18. The predicted octanol–water partition coefficient (Wildman–Crippen LogP) is 2.71. The lowest BCUT2D eigenvalue weighted by molar-refractivity contribution is -0.147. The molecule has 0 aliphatic rings. The zero-order valence-electron chi connectivity index (χ0n) is 10.1. The minimum absolute atomic E-state index is 0.0496. The van der Waals surface area contributed by atoms with Gasteiger partial charge in [0, 0.05) is 25.3 Å². The molecule has 0 saturated carbocycles. The van der Waals surface area contributed by atoms with Gasteiger partial charge in [-0.1, -0.05) is 0 Å². The molecule has 0 aliphatic carbocycles. The molecule has 0 saturated heterocycles. The van der Waals surface area contributed by atoms with E-state index in [1.165, 1.54) is 0 Å². The molecule has 2 nitrogen and oxygen atoms in total. The maximum atomic E-state index is 13.4. The van der Waals surface area contributed by atoms with Crippen LogP contribution in [0.15, 0.2) is 18.2 Å². The third kappa shape index (κ3) is 5.98.